The van der Waals surface area contributed by atoms with Gasteiger partial charge in [-0.15, -0.1) is 10.2 Å². The molecule has 45 heavy (non-hydrogen) atoms. The van der Waals surface area contributed by atoms with E-state index in [-0.39, 0.29) is 29.0 Å². The van der Waals surface area contributed by atoms with Crippen molar-refractivity contribution in [1.82, 2.24) is 20.8 Å². The zero-order valence-electron chi connectivity index (χ0n) is 25.4. The first-order valence-corrected chi connectivity index (χ1v) is 15.4. The molecule has 0 fully saturated rings. The minimum absolute atomic E-state index is 0.0521. The van der Waals surface area contributed by atoms with Crippen LogP contribution in [0.25, 0.3) is 11.1 Å². The summed E-state index contributed by atoms with van der Waals surface area (Å²) in [6.07, 6.45) is -1.32. The van der Waals surface area contributed by atoms with Crippen molar-refractivity contribution < 1.29 is 28.7 Å². The lowest BCUT2D eigenvalue weighted by molar-refractivity contribution is 0.0491. The van der Waals surface area contributed by atoms with E-state index in [1.165, 1.54) is 6.92 Å². The highest BCUT2D eigenvalue weighted by Gasteiger charge is 2.31. The van der Waals surface area contributed by atoms with E-state index < -0.39 is 41.4 Å². The summed E-state index contributed by atoms with van der Waals surface area (Å²) >= 11 is 0.796. The average Bonchev–Trinajstić information content (AvgIpc) is 3.62. The average molecular weight is 627 g/mol. The van der Waals surface area contributed by atoms with Gasteiger partial charge in [-0.2, -0.15) is 0 Å². The number of aromatic nitrogens is 2. The van der Waals surface area contributed by atoms with Gasteiger partial charge < -0.3 is 20.1 Å². The number of carbonyl (C=O) groups excluding carboxylic acids is 4. The van der Waals surface area contributed by atoms with Gasteiger partial charge in [0.25, 0.3) is 0 Å². The van der Waals surface area contributed by atoms with Gasteiger partial charge in [-0.05, 0) is 55.5 Å². The smallest absolute Gasteiger partial charge is 0.408 e. The minimum Gasteiger partial charge on any atom is -0.449 e. The van der Waals surface area contributed by atoms with Crippen molar-refractivity contribution in [1.29, 1.82) is 0 Å². The third-order valence-electron chi connectivity index (χ3n) is 7.21. The van der Waals surface area contributed by atoms with Crippen molar-refractivity contribution in [3.8, 4) is 11.1 Å². The lowest BCUT2D eigenvalue weighted by Gasteiger charge is -2.22. The second-order valence-corrected chi connectivity index (χ2v) is 12.7. The number of rotatable bonds is 10. The van der Waals surface area contributed by atoms with Crippen LogP contribution in [0.15, 0.2) is 78.9 Å². The van der Waals surface area contributed by atoms with Crippen LogP contribution in [0.5, 0.6) is 0 Å². The predicted octanol–water partition coefficient (Wildman–Crippen LogP) is 5.97. The number of fused-ring (bicyclic) bond motifs is 3. The number of alkyl carbamates (subject to hydrolysis) is 2. The lowest BCUT2D eigenvalue weighted by Crippen LogP contribution is -2.44. The van der Waals surface area contributed by atoms with Gasteiger partial charge in [-0.3, -0.25) is 9.59 Å². The van der Waals surface area contributed by atoms with Crippen LogP contribution in [0.3, 0.4) is 0 Å². The Hall–Kier alpha value is -4.90. The maximum atomic E-state index is 13.5. The first-order chi connectivity index (χ1) is 21.5. The fraction of sp³-hybridized carbons (Fsp3) is 0.294. The van der Waals surface area contributed by atoms with Crippen LogP contribution >= 0.6 is 11.3 Å². The maximum Gasteiger partial charge on any atom is 0.408 e. The highest BCUT2D eigenvalue weighted by molar-refractivity contribution is 7.15. The molecule has 0 radical (unpaired) electrons. The van der Waals surface area contributed by atoms with Crippen molar-refractivity contribution >= 4 is 35.1 Å². The Bertz CT molecular complexity index is 1670. The second-order valence-electron chi connectivity index (χ2n) is 11.7. The van der Waals surface area contributed by atoms with Crippen molar-refractivity contribution in [3.05, 3.63) is 106 Å². The molecule has 0 unspecified atom stereocenters. The highest BCUT2D eigenvalue weighted by atomic mass is 32.1. The number of ether oxygens (including phenoxy) is 2. The lowest BCUT2D eigenvalue weighted by atomic mass is 9.98. The van der Waals surface area contributed by atoms with Gasteiger partial charge in [-0.1, -0.05) is 90.2 Å². The topological polar surface area (TPSA) is 137 Å². The first kappa shape index (κ1) is 31.5. The summed E-state index contributed by atoms with van der Waals surface area (Å²) in [6, 6.07) is 23.2. The van der Waals surface area contributed by atoms with Crippen LogP contribution in [0.4, 0.5) is 9.59 Å². The van der Waals surface area contributed by atoms with E-state index in [0.29, 0.717) is 0 Å². The molecule has 11 heteroatoms. The normalized spacial score (nSPS) is 13.6. The first-order valence-electron chi connectivity index (χ1n) is 14.6. The van der Waals surface area contributed by atoms with E-state index in [1.807, 2.05) is 78.9 Å². The number of ketones is 2. The largest absolute Gasteiger partial charge is 0.449 e. The number of carbonyl (C=O) groups is 4. The molecular weight excluding hydrogens is 592 g/mol. The molecule has 2 N–H and O–H groups in total. The molecule has 5 rings (SSSR count). The van der Waals surface area contributed by atoms with E-state index >= 15 is 0 Å². The third kappa shape index (κ3) is 7.61. The van der Waals surface area contributed by atoms with Gasteiger partial charge in [0, 0.05) is 12.3 Å². The maximum absolute atomic E-state index is 13.5. The van der Waals surface area contributed by atoms with E-state index in [0.717, 1.165) is 39.2 Å². The van der Waals surface area contributed by atoms with Crippen molar-refractivity contribution in [3.63, 3.8) is 0 Å². The Morgan fingerprint density at radius 2 is 1.33 bits per heavy atom. The summed E-state index contributed by atoms with van der Waals surface area (Å²) < 4.78 is 10.9. The summed E-state index contributed by atoms with van der Waals surface area (Å²) in [7, 11) is 0. The van der Waals surface area contributed by atoms with Crippen LogP contribution in [-0.2, 0) is 15.9 Å². The van der Waals surface area contributed by atoms with Crippen LogP contribution in [0, 0.1) is 0 Å². The van der Waals surface area contributed by atoms with Gasteiger partial charge in [-0.25, -0.2) is 9.59 Å². The molecule has 1 heterocycles. The highest BCUT2D eigenvalue weighted by Crippen LogP contribution is 2.44. The molecule has 1 aliphatic carbocycles. The van der Waals surface area contributed by atoms with Gasteiger partial charge in [0.15, 0.2) is 10.0 Å². The molecule has 4 aromatic rings. The van der Waals surface area contributed by atoms with Crippen molar-refractivity contribution in [2.75, 3.05) is 6.61 Å². The summed E-state index contributed by atoms with van der Waals surface area (Å²) in [4.78, 5) is 51.9. The zero-order valence-corrected chi connectivity index (χ0v) is 26.2. The molecule has 0 bridgehead atoms. The molecule has 0 aliphatic heterocycles. The number of hydrogen-bond acceptors (Lipinski definition) is 9. The molecule has 1 aromatic heterocycles. The predicted molar refractivity (Wildman–Crippen MR) is 170 cm³/mol. The van der Waals surface area contributed by atoms with Crippen molar-refractivity contribution in [2.24, 2.45) is 0 Å². The summed E-state index contributed by atoms with van der Waals surface area (Å²) in [5.74, 6) is -1.16. The number of amides is 2. The Balaban J connectivity index is 1.21. The molecule has 232 valence electrons. The number of hydrogen-bond donors (Lipinski definition) is 2. The fourth-order valence-electron chi connectivity index (χ4n) is 5.15. The SMILES string of the molecule is C[C@H](NC(=O)OCC1c2ccccc2-c2ccccc21)C(=O)c1nnc(C(=O)[C@H](Cc2ccccc2)NC(=O)OC(C)(C)C)s1. The molecule has 2 atom stereocenters. The monoisotopic (exact) mass is 626 g/mol. The molecule has 2 amide bonds. The fourth-order valence-corrected chi connectivity index (χ4v) is 6.01. The number of benzene rings is 3. The van der Waals surface area contributed by atoms with Crippen LogP contribution in [0.2, 0.25) is 0 Å². The third-order valence-corrected chi connectivity index (χ3v) is 8.16. The minimum atomic E-state index is -1.01. The van der Waals surface area contributed by atoms with E-state index in [4.69, 9.17) is 9.47 Å². The molecule has 10 nitrogen and oxygen atoms in total. The van der Waals surface area contributed by atoms with E-state index in [9.17, 15) is 19.2 Å². The second kappa shape index (κ2) is 13.4. The molecular formula is C34H34N4O6S. The zero-order chi connectivity index (χ0) is 32.1. The molecule has 0 saturated carbocycles. The Labute approximate surface area is 265 Å². The molecule has 0 saturated heterocycles. The number of Topliss-reactive ketones (excluding diaryl/α,β-unsaturated/α-hetero) is 2. The van der Waals surface area contributed by atoms with Gasteiger partial charge in [0.05, 0.1) is 6.04 Å². The van der Waals surface area contributed by atoms with E-state index in [2.05, 4.69) is 20.8 Å². The molecule has 1 aliphatic rings. The van der Waals surface area contributed by atoms with Crippen LogP contribution in [0.1, 0.15) is 69.9 Å². The number of nitrogens with zero attached hydrogens (tertiary/aromatic N) is 2. The van der Waals surface area contributed by atoms with Crippen molar-refractivity contribution in [2.45, 2.75) is 57.7 Å². The summed E-state index contributed by atoms with van der Waals surface area (Å²) in [6.45, 7) is 6.78. The molecule has 0 spiro atoms. The summed E-state index contributed by atoms with van der Waals surface area (Å²) in [5.41, 5.74) is 4.43. The van der Waals surface area contributed by atoms with Crippen LogP contribution in [-0.4, -0.2) is 58.2 Å². The molecule has 3 aromatic carbocycles. The van der Waals surface area contributed by atoms with Gasteiger partial charge in [0.1, 0.15) is 18.2 Å². The number of nitrogens with one attached hydrogen (secondary N) is 2. The Morgan fingerprint density at radius 3 is 1.93 bits per heavy atom. The van der Waals surface area contributed by atoms with Gasteiger partial charge >= 0.3 is 12.2 Å². The van der Waals surface area contributed by atoms with E-state index in [1.54, 1.807) is 20.8 Å². The summed E-state index contributed by atoms with van der Waals surface area (Å²) in [5, 5.41) is 12.9. The standard InChI is InChI=1S/C34H34N4O6S/c1-20(35-32(41)43-19-26-24-16-10-8-14-22(24)23-15-9-11-17-25(23)26)28(39)30-37-38-31(45-30)29(40)27(18-21-12-6-5-7-13-21)36-33(42)44-34(2,3)4/h5-17,20,26-27H,18-19H2,1-4H3,(H,35,41)(H,36,42)/t20-,27-/m0/s1. The van der Waals surface area contributed by atoms with Gasteiger partial charge in [0.2, 0.25) is 11.6 Å². The van der Waals surface area contributed by atoms with Crippen LogP contribution < -0.4 is 10.6 Å². The Morgan fingerprint density at radius 1 is 0.778 bits per heavy atom. The quantitative estimate of drug-likeness (QED) is 0.206. The Kier molecular flexibility index (Phi) is 9.38.